The molecule has 0 aliphatic heterocycles. The predicted molar refractivity (Wildman–Crippen MR) is 201 cm³/mol. The summed E-state index contributed by atoms with van der Waals surface area (Å²) in [5.41, 5.74) is 4.01. The maximum atomic E-state index is 13.8. The van der Waals surface area contributed by atoms with Crippen molar-refractivity contribution in [1.29, 1.82) is 0 Å². The standard InChI is InChI=1S/C38H28Cl2N4O3S2/c1-23-18-19-30-32(20-23)49-38(43-30)44-37(47)34(24-10-4-2-5-11-24)48-28-16-9-15-27(22-28)41-36(46)31(21-26-14-8-17-29(39)33(26)40)42-35(45)25-12-6-3-7-13-25/h2-22,34H,1H3,(H,41,46)(H,42,45)(H,43,44,47)/b31-21+. The average Bonchev–Trinajstić information content (AvgIpc) is 3.50. The Labute approximate surface area is 301 Å². The molecule has 0 aliphatic carbocycles. The molecule has 1 atom stereocenters. The third-order valence-corrected chi connectivity index (χ3v) is 10.3. The number of thiazole rings is 1. The third-order valence-electron chi connectivity index (χ3n) is 7.27. The lowest BCUT2D eigenvalue weighted by Crippen LogP contribution is -2.30. The first kappa shape index (κ1) is 34.0. The number of hydrogen-bond acceptors (Lipinski definition) is 6. The number of thioether (sulfide) groups is 1. The van der Waals surface area contributed by atoms with Crippen molar-refractivity contribution >= 4 is 91.1 Å². The molecule has 49 heavy (non-hydrogen) atoms. The van der Waals surface area contributed by atoms with Gasteiger partial charge in [-0.2, -0.15) is 0 Å². The Morgan fingerprint density at radius 1 is 0.816 bits per heavy atom. The van der Waals surface area contributed by atoms with Crippen molar-refractivity contribution in [2.45, 2.75) is 17.1 Å². The van der Waals surface area contributed by atoms with Crippen LogP contribution in [0.2, 0.25) is 10.0 Å². The lowest BCUT2D eigenvalue weighted by molar-refractivity contribution is -0.116. The molecule has 7 nitrogen and oxygen atoms in total. The largest absolute Gasteiger partial charge is 0.321 e. The second-order valence-electron chi connectivity index (χ2n) is 10.9. The third kappa shape index (κ3) is 8.57. The number of carbonyl (C=O) groups excluding carboxylic acids is 3. The number of anilines is 2. The van der Waals surface area contributed by atoms with Gasteiger partial charge in [-0.1, -0.05) is 107 Å². The van der Waals surface area contributed by atoms with E-state index in [0.717, 1.165) is 26.2 Å². The smallest absolute Gasteiger partial charge is 0.272 e. The zero-order valence-electron chi connectivity index (χ0n) is 25.9. The molecule has 3 N–H and O–H groups in total. The van der Waals surface area contributed by atoms with Crippen molar-refractivity contribution in [3.8, 4) is 0 Å². The Morgan fingerprint density at radius 2 is 1.55 bits per heavy atom. The normalized spacial score (nSPS) is 11.9. The average molecular weight is 724 g/mol. The zero-order valence-corrected chi connectivity index (χ0v) is 29.1. The van der Waals surface area contributed by atoms with Crippen molar-refractivity contribution < 1.29 is 14.4 Å². The molecule has 3 amide bonds. The van der Waals surface area contributed by atoms with Crippen molar-refractivity contribution in [3.63, 3.8) is 0 Å². The van der Waals surface area contributed by atoms with Crippen LogP contribution in [0.4, 0.5) is 10.8 Å². The van der Waals surface area contributed by atoms with E-state index in [1.54, 1.807) is 66.7 Å². The van der Waals surface area contributed by atoms with Crippen LogP contribution in [0.15, 0.2) is 132 Å². The Balaban J connectivity index is 1.24. The summed E-state index contributed by atoms with van der Waals surface area (Å²) in [4.78, 5) is 45.9. The highest BCUT2D eigenvalue weighted by atomic mass is 35.5. The van der Waals surface area contributed by atoms with Gasteiger partial charge >= 0.3 is 0 Å². The lowest BCUT2D eigenvalue weighted by atomic mass is 10.1. The van der Waals surface area contributed by atoms with E-state index in [1.165, 1.54) is 29.2 Å². The summed E-state index contributed by atoms with van der Waals surface area (Å²) in [6.07, 6.45) is 1.47. The summed E-state index contributed by atoms with van der Waals surface area (Å²) < 4.78 is 0.994. The summed E-state index contributed by atoms with van der Waals surface area (Å²) in [6.45, 7) is 2.02. The second-order valence-corrected chi connectivity index (χ2v) is 13.9. The van der Waals surface area contributed by atoms with Crippen molar-refractivity contribution in [2.24, 2.45) is 0 Å². The molecule has 11 heteroatoms. The molecule has 6 aromatic rings. The van der Waals surface area contributed by atoms with Gasteiger partial charge in [0.05, 0.1) is 20.3 Å². The van der Waals surface area contributed by atoms with Gasteiger partial charge in [0.15, 0.2) is 5.13 Å². The van der Waals surface area contributed by atoms with Crippen molar-refractivity contribution in [3.05, 3.63) is 159 Å². The number of hydrogen-bond donors (Lipinski definition) is 3. The Kier molecular flexibility index (Phi) is 10.8. The first-order valence-corrected chi connectivity index (χ1v) is 17.5. The molecule has 0 radical (unpaired) electrons. The Bertz CT molecular complexity index is 2190. The molecular weight excluding hydrogens is 695 g/mol. The van der Waals surface area contributed by atoms with Gasteiger partial charge in [0.25, 0.3) is 11.8 Å². The molecular formula is C38H28Cl2N4O3S2. The summed E-state index contributed by atoms with van der Waals surface area (Å²) in [5.74, 6) is -1.27. The number of amides is 3. The van der Waals surface area contributed by atoms with Crippen LogP contribution < -0.4 is 16.0 Å². The van der Waals surface area contributed by atoms with Crippen LogP contribution in [0, 0.1) is 6.92 Å². The molecule has 0 bridgehead atoms. The number of nitrogens with zero attached hydrogens (tertiary/aromatic N) is 1. The van der Waals surface area contributed by atoms with Crippen molar-refractivity contribution in [2.75, 3.05) is 10.6 Å². The van der Waals surface area contributed by atoms with Crippen LogP contribution in [0.5, 0.6) is 0 Å². The predicted octanol–water partition coefficient (Wildman–Crippen LogP) is 9.79. The number of nitrogens with one attached hydrogen (secondary N) is 3. The highest BCUT2D eigenvalue weighted by Gasteiger charge is 2.24. The van der Waals surface area contributed by atoms with Crippen LogP contribution >= 0.6 is 46.3 Å². The minimum Gasteiger partial charge on any atom is -0.321 e. The SMILES string of the molecule is Cc1ccc2nc(NC(=O)C(Sc3cccc(NC(=O)/C(=C\c4cccc(Cl)c4Cl)NC(=O)c4ccccc4)c3)c3ccccc3)sc2c1. The molecule has 6 rings (SSSR count). The Morgan fingerprint density at radius 3 is 2.33 bits per heavy atom. The van der Waals surface area contributed by atoms with Gasteiger partial charge in [0, 0.05) is 16.1 Å². The fourth-order valence-corrected chi connectivity index (χ4v) is 7.28. The summed E-state index contributed by atoms with van der Waals surface area (Å²) in [6, 6.07) is 36.2. The molecule has 244 valence electrons. The highest BCUT2D eigenvalue weighted by Crippen LogP contribution is 2.38. The van der Waals surface area contributed by atoms with Gasteiger partial charge in [0.2, 0.25) is 5.91 Å². The second kappa shape index (κ2) is 15.5. The van der Waals surface area contributed by atoms with E-state index in [0.29, 0.717) is 27.0 Å². The van der Waals surface area contributed by atoms with Gasteiger partial charge in [-0.25, -0.2) is 4.98 Å². The van der Waals surface area contributed by atoms with E-state index in [-0.39, 0.29) is 16.6 Å². The van der Waals surface area contributed by atoms with Crippen LogP contribution in [-0.2, 0) is 9.59 Å². The Hall–Kier alpha value is -4.93. The summed E-state index contributed by atoms with van der Waals surface area (Å²) in [7, 11) is 0. The van der Waals surface area contributed by atoms with Crippen molar-refractivity contribution in [1.82, 2.24) is 10.3 Å². The number of aryl methyl sites for hydroxylation is 1. The number of benzene rings is 5. The minimum absolute atomic E-state index is 0.0383. The number of rotatable bonds is 10. The van der Waals surface area contributed by atoms with E-state index >= 15 is 0 Å². The number of fused-ring (bicyclic) bond motifs is 1. The maximum absolute atomic E-state index is 13.8. The molecule has 1 aromatic heterocycles. The van der Waals surface area contributed by atoms with Gasteiger partial charge in [0.1, 0.15) is 10.9 Å². The van der Waals surface area contributed by atoms with E-state index < -0.39 is 17.1 Å². The summed E-state index contributed by atoms with van der Waals surface area (Å²) >= 11 is 15.4. The molecule has 0 aliphatic rings. The zero-order chi connectivity index (χ0) is 34.3. The first-order valence-electron chi connectivity index (χ1n) is 15.1. The van der Waals surface area contributed by atoms with Crippen LogP contribution in [0.3, 0.4) is 0 Å². The minimum atomic E-state index is -0.619. The van der Waals surface area contributed by atoms with Gasteiger partial charge in [-0.3, -0.25) is 14.4 Å². The molecule has 0 spiro atoms. The van der Waals surface area contributed by atoms with Gasteiger partial charge in [-0.15, -0.1) is 11.8 Å². The highest BCUT2D eigenvalue weighted by molar-refractivity contribution is 8.00. The van der Waals surface area contributed by atoms with Gasteiger partial charge < -0.3 is 16.0 Å². The van der Waals surface area contributed by atoms with Gasteiger partial charge in [-0.05, 0) is 78.2 Å². The van der Waals surface area contributed by atoms with E-state index in [9.17, 15) is 14.4 Å². The van der Waals surface area contributed by atoms with Crippen LogP contribution in [0.25, 0.3) is 16.3 Å². The molecule has 0 fully saturated rings. The van der Waals surface area contributed by atoms with E-state index in [2.05, 4.69) is 20.9 Å². The quantitative estimate of drug-likeness (QED) is 0.0966. The topological polar surface area (TPSA) is 100 Å². The van der Waals surface area contributed by atoms with Crippen LogP contribution in [0.1, 0.15) is 32.3 Å². The molecule has 1 unspecified atom stereocenters. The number of aromatic nitrogens is 1. The monoisotopic (exact) mass is 722 g/mol. The first-order chi connectivity index (χ1) is 23.7. The number of halogens is 2. The fourth-order valence-electron chi connectivity index (χ4n) is 4.87. The molecule has 0 saturated heterocycles. The van der Waals surface area contributed by atoms with Crippen LogP contribution in [-0.4, -0.2) is 22.7 Å². The van der Waals surface area contributed by atoms with E-state index in [4.69, 9.17) is 23.2 Å². The summed E-state index contributed by atoms with van der Waals surface area (Å²) in [5, 5.41) is 9.05. The molecule has 5 aromatic carbocycles. The van der Waals surface area contributed by atoms with E-state index in [1.807, 2.05) is 61.5 Å². The molecule has 1 heterocycles. The molecule has 0 saturated carbocycles. The maximum Gasteiger partial charge on any atom is 0.272 e. The number of carbonyl (C=O) groups is 3. The lowest BCUT2D eigenvalue weighted by Gasteiger charge is -2.17. The fraction of sp³-hybridized carbons (Fsp3) is 0.0526.